The molecule has 0 radical (unpaired) electrons. The first-order valence-corrected chi connectivity index (χ1v) is 5.97. The van der Waals surface area contributed by atoms with Gasteiger partial charge >= 0.3 is 0 Å². The van der Waals surface area contributed by atoms with Crippen molar-refractivity contribution in [1.29, 1.82) is 0 Å². The van der Waals surface area contributed by atoms with Crippen LogP contribution in [0.25, 0.3) is 0 Å². The van der Waals surface area contributed by atoms with Gasteiger partial charge in [-0.3, -0.25) is 10.1 Å². The van der Waals surface area contributed by atoms with Gasteiger partial charge in [0.05, 0.1) is 23.2 Å². The zero-order chi connectivity index (χ0) is 13.1. The average molecular weight is 267 g/mol. The second-order valence-corrected chi connectivity index (χ2v) is 4.96. The Kier molecular flexibility index (Phi) is 3.52. The van der Waals surface area contributed by atoms with Crippen molar-refractivity contribution < 1.29 is 9.31 Å². The van der Waals surface area contributed by atoms with E-state index in [9.17, 15) is 14.5 Å². The molecule has 0 aliphatic rings. The van der Waals surface area contributed by atoms with Gasteiger partial charge in [-0.05, 0) is 13.0 Å². The van der Waals surface area contributed by atoms with Gasteiger partial charge in [0, 0.05) is 17.1 Å². The number of aryl methyl sites for hydroxylation is 1. The number of benzene rings is 1. The molecule has 5 nitrogen and oxygen atoms in total. The van der Waals surface area contributed by atoms with Gasteiger partial charge < -0.3 is 5.32 Å². The van der Waals surface area contributed by atoms with E-state index in [1.54, 1.807) is 6.20 Å². The maximum absolute atomic E-state index is 13.5. The molecular formula is C11H10FN3O2S. The van der Waals surface area contributed by atoms with Crippen LogP contribution in [-0.4, -0.2) is 9.91 Å². The third-order valence-corrected chi connectivity index (χ3v) is 3.18. The van der Waals surface area contributed by atoms with E-state index in [0.29, 0.717) is 6.54 Å². The Morgan fingerprint density at radius 1 is 1.56 bits per heavy atom. The third-order valence-electron chi connectivity index (χ3n) is 2.26. The minimum Gasteiger partial charge on any atom is -0.376 e. The van der Waals surface area contributed by atoms with Crippen LogP contribution in [0.4, 0.5) is 15.8 Å². The quantitative estimate of drug-likeness (QED) is 0.682. The number of nitro benzene ring substituents is 1. The highest BCUT2D eigenvalue weighted by Crippen LogP contribution is 2.21. The molecule has 1 aromatic heterocycles. The molecule has 7 heteroatoms. The van der Waals surface area contributed by atoms with Gasteiger partial charge in [0.1, 0.15) is 5.01 Å². The molecule has 0 atom stereocenters. The molecule has 1 aromatic carbocycles. The van der Waals surface area contributed by atoms with E-state index in [1.165, 1.54) is 23.5 Å². The first kappa shape index (κ1) is 12.4. The van der Waals surface area contributed by atoms with Crippen LogP contribution >= 0.6 is 11.3 Å². The van der Waals surface area contributed by atoms with Gasteiger partial charge in [0.2, 0.25) is 0 Å². The number of nitro groups is 1. The maximum Gasteiger partial charge on any atom is 0.272 e. The van der Waals surface area contributed by atoms with Gasteiger partial charge in [-0.2, -0.15) is 0 Å². The molecule has 1 N–H and O–H groups in total. The fraction of sp³-hybridized carbons (Fsp3) is 0.182. The average Bonchev–Trinajstić information content (AvgIpc) is 2.73. The zero-order valence-electron chi connectivity index (χ0n) is 9.51. The Morgan fingerprint density at radius 3 is 2.89 bits per heavy atom. The molecule has 0 fully saturated rings. The van der Waals surface area contributed by atoms with E-state index in [0.717, 1.165) is 16.0 Å². The van der Waals surface area contributed by atoms with Gasteiger partial charge in [-0.25, -0.2) is 9.37 Å². The number of nitrogens with one attached hydrogen (secondary N) is 1. The van der Waals surface area contributed by atoms with E-state index in [2.05, 4.69) is 10.3 Å². The highest BCUT2D eigenvalue weighted by molar-refractivity contribution is 7.11. The van der Waals surface area contributed by atoms with Crippen LogP contribution in [0.3, 0.4) is 0 Å². The van der Waals surface area contributed by atoms with Crippen LogP contribution in [0.5, 0.6) is 0 Å². The van der Waals surface area contributed by atoms with Crippen LogP contribution < -0.4 is 5.32 Å². The summed E-state index contributed by atoms with van der Waals surface area (Å²) >= 11 is 1.52. The third kappa shape index (κ3) is 2.80. The normalized spacial score (nSPS) is 10.3. The lowest BCUT2D eigenvalue weighted by Crippen LogP contribution is -2.01. The van der Waals surface area contributed by atoms with Crippen molar-refractivity contribution in [1.82, 2.24) is 4.98 Å². The van der Waals surface area contributed by atoms with Crippen LogP contribution in [0.1, 0.15) is 9.88 Å². The van der Waals surface area contributed by atoms with Crippen molar-refractivity contribution in [3.63, 3.8) is 0 Å². The van der Waals surface area contributed by atoms with E-state index < -0.39 is 10.7 Å². The second kappa shape index (κ2) is 5.09. The minimum absolute atomic E-state index is 0.230. The van der Waals surface area contributed by atoms with E-state index >= 15 is 0 Å². The second-order valence-electron chi connectivity index (χ2n) is 3.64. The number of thiazole rings is 1. The highest BCUT2D eigenvalue weighted by atomic mass is 32.1. The monoisotopic (exact) mass is 267 g/mol. The standard InChI is InChI=1S/C11H10FN3O2S/c1-7-5-14-11(18-7)6-13-10-3-2-8(15(16)17)4-9(10)12/h2-5,13H,6H2,1H3. The summed E-state index contributed by atoms with van der Waals surface area (Å²) in [5, 5.41) is 14.2. The molecule has 0 amide bonds. The molecular weight excluding hydrogens is 257 g/mol. The Morgan fingerprint density at radius 2 is 2.33 bits per heavy atom. The summed E-state index contributed by atoms with van der Waals surface area (Å²) in [6, 6.07) is 3.52. The molecule has 1 heterocycles. The summed E-state index contributed by atoms with van der Waals surface area (Å²) in [4.78, 5) is 15.0. The van der Waals surface area contributed by atoms with Crippen LogP contribution in [0.2, 0.25) is 0 Å². The molecule has 2 rings (SSSR count). The minimum atomic E-state index is -0.641. The van der Waals surface area contributed by atoms with Crippen molar-refractivity contribution in [3.05, 3.63) is 50.2 Å². The smallest absolute Gasteiger partial charge is 0.272 e. The van der Waals surface area contributed by atoms with Crippen LogP contribution in [-0.2, 0) is 6.54 Å². The van der Waals surface area contributed by atoms with Gasteiger partial charge in [0.15, 0.2) is 5.82 Å². The fourth-order valence-corrected chi connectivity index (χ4v) is 2.14. The van der Waals surface area contributed by atoms with Crippen molar-refractivity contribution in [2.24, 2.45) is 0 Å². The topological polar surface area (TPSA) is 68.1 Å². The molecule has 0 unspecified atom stereocenters. The first-order chi connectivity index (χ1) is 8.56. The number of nitrogens with zero attached hydrogens (tertiary/aromatic N) is 2. The predicted octanol–water partition coefficient (Wildman–Crippen LogP) is 3.11. The summed E-state index contributed by atoms with van der Waals surface area (Å²) in [6.45, 7) is 2.33. The molecule has 94 valence electrons. The van der Waals surface area contributed by atoms with Gasteiger partial charge in [-0.1, -0.05) is 0 Å². The van der Waals surface area contributed by atoms with Crippen molar-refractivity contribution in [2.45, 2.75) is 13.5 Å². The van der Waals surface area contributed by atoms with Crippen molar-refractivity contribution in [3.8, 4) is 0 Å². The predicted molar refractivity (Wildman–Crippen MR) is 67.2 cm³/mol. The molecule has 2 aromatic rings. The highest BCUT2D eigenvalue weighted by Gasteiger charge is 2.10. The summed E-state index contributed by atoms with van der Waals surface area (Å²) in [6.07, 6.45) is 1.74. The molecule has 0 aliphatic carbocycles. The summed E-state index contributed by atoms with van der Waals surface area (Å²) in [5.74, 6) is -0.641. The Labute approximate surface area is 106 Å². The molecule has 0 bridgehead atoms. The molecule has 0 saturated heterocycles. The molecule has 18 heavy (non-hydrogen) atoms. The van der Waals surface area contributed by atoms with Crippen LogP contribution in [0.15, 0.2) is 24.4 Å². The number of rotatable bonds is 4. The number of non-ortho nitro benzene ring substituents is 1. The number of hydrogen-bond acceptors (Lipinski definition) is 5. The summed E-state index contributed by atoms with van der Waals surface area (Å²) < 4.78 is 13.5. The Balaban J connectivity index is 2.08. The number of aromatic nitrogens is 1. The molecule has 0 spiro atoms. The Hall–Kier alpha value is -2.02. The first-order valence-electron chi connectivity index (χ1n) is 5.15. The summed E-state index contributed by atoms with van der Waals surface area (Å²) in [5.41, 5.74) is -0.0309. The zero-order valence-corrected chi connectivity index (χ0v) is 10.3. The lowest BCUT2D eigenvalue weighted by molar-refractivity contribution is -0.385. The lowest BCUT2D eigenvalue weighted by Gasteiger charge is -2.05. The largest absolute Gasteiger partial charge is 0.376 e. The summed E-state index contributed by atoms with van der Waals surface area (Å²) in [7, 11) is 0. The van der Waals surface area contributed by atoms with Gasteiger partial charge in [0.25, 0.3) is 5.69 Å². The number of hydrogen-bond donors (Lipinski definition) is 1. The van der Waals surface area contributed by atoms with E-state index in [4.69, 9.17) is 0 Å². The number of anilines is 1. The van der Waals surface area contributed by atoms with Gasteiger partial charge in [-0.15, -0.1) is 11.3 Å². The maximum atomic E-state index is 13.5. The van der Waals surface area contributed by atoms with Crippen LogP contribution in [0, 0.1) is 22.9 Å². The Bertz CT molecular complexity index is 585. The molecule has 0 saturated carbocycles. The van der Waals surface area contributed by atoms with E-state index in [-0.39, 0.29) is 11.4 Å². The van der Waals surface area contributed by atoms with E-state index in [1.807, 2.05) is 6.92 Å². The fourth-order valence-electron chi connectivity index (χ4n) is 1.41. The van der Waals surface area contributed by atoms with Crippen molar-refractivity contribution >= 4 is 22.7 Å². The number of halogens is 1. The SMILES string of the molecule is Cc1cnc(CNc2ccc([N+](=O)[O-])cc2F)s1. The lowest BCUT2D eigenvalue weighted by atomic mass is 10.2. The molecule has 0 aliphatic heterocycles. The van der Waals surface area contributed by atoms with Crippen molar-refractivity contribution in [2.75, 3.05) is 5.32 Å².